The van der Waals surface area contributed by atoms with Gasteiger partial charge >= 0.3 is 0 Å². The van der Waals surface area contributed by atoms with Gasteiger partial charge in [0.15, 0.2) is 5.82 Å². The van der Waals surface area contributed by atoms with Crippen molar-refractivity contribution in [2.75, 3.05) is 4.72 Å². The van der Waals surface area contributed by atoms with Gasteiger partial charge in [0.1, 0.15) is 5.76 Å². The molecule has 120 valence electrons. The molecule has 0 saturated carbocycles. The number of nitrogens with zero attached hydrogens (tertiary/aromatic N) is 1. The van der Waals surface area contributed by atoms with E-state index in [0.29, 0.717) is 22.2 Å². The van der Waals surface area contributed by atoms with E-state index in [1.54, 1.807) is 6.07 Å². The number of hydrogen-bond donors (Lipinski definition) is 2. The van der Waals surface area contributed by atoms with E-state index in [-0.39, 0.29) is 19.3 Å². The van der Waals surface area contributed by atoms with E-state index in [0.717, 1.165) is 15.8 Å². The summed E-state index contributed by atoms with van der Waals surface area (Å²) < 4.78 is 35.4. The zero-order chi connectivity index (χ0) is 16.0. The monoisotopic (exact) mass is 355 g/mol. The molecule has 2 aromatic heterocycles. The summed E-state index contributed by atoms with van der Waals surface area (Å²) in [5.74, 6) is -1.78. The summed E-state index contributed by atoms with van der Waals surface area (Å²) in [5, 5.41) is 5.53. The molecule has 0 aliphatic heterocycles. The van der Waals surface area contributed by atoms with Crippen molar-refractivity contribution in [3.63, 3.8) is 0 Å². The van der Waals surface area contributed by atoms with E-state index >= 15 is 0 Å². The summed E-state index contributed by atoms with van der Waals surface area (Å²) in [6, 6.07) is 5.55. The summed E-state index contributed by atoms with van der Waals surface area (Å²) in [4.78, 5) is 4.05. The highest BCUT2D eigenvalue weighted by atomic mass is 35.5. The van der Waals surface area contributed by atoms with Crippen molar-refractivity contribution >= 4 is 40.3 Å². The number of alkyl halides is 2. The minimum Gasteiger partial charge on any atom is -0.360 e. The largest absolute Gasteiger partial charge is 0.360 e. The zero-order valence-electron chi connectivity index (χ0n) is 11.8. The Kier molecular flexibility index (Phi) is 3.50. The van der Waals surface area contributed by atoms with E-state index in [4.69, 9.17) is 16.1 Å². The lowest BCUT2D eigenvalue weighted by molar-refractivity contribution is -0.0145. The summed E-state index contributed by atoms with van der Waals surface area (Å²) in [6.07, 6.45) is 1.52. The zero-order valence-corrected chi connectivity index (χ0v) is 13.4. The summed E-state index contributed by atoms with van der Waals surface area (Å²) in [7, 11) is 0. The molecule has 23 heavy (non-hydrogen) atoms. The molecule has 0 unspecified atom stereocenters. The van der Waals surface area contributed by atoms with Crippen LogP contribution in [0.3, 0.4) is 0 Å². The Hall–Kier alpha value is -1.73. The number of benzene rings is 1. The standard InChI is InChI=1S/C15H12ClF2N3OS/c16-8-1-2-9-11(5-8)19-7-13(9)23-21-14-10-6-15(17,18)4-3-12(10)22-20-14/h1-2,5,7,19H,3-4,6H2,(H,20,21). The first kappa shape index (κ1) is 14.8. The highest BCUT2D eigenvalue weighted by Gasteiger charge is 2.38. The van der Waals surface area contributed by atoms with E-state index in [2.05, 4.69) is 14.9 Å². The van der Waals surface area contributed by atoms with Gasteiger partial charge in [0.2, 0.25) is 0 Å². The van der Waals surface area contributed by atoms with Crippen LogP contribution in [0.1, 0.15) is 17.7 Å². The summed E-state index contributed by atoms with van der Waals surface area (Å²) >= 11 is 7.26. The lowest BCUT2D eigenvalue weighted by Crippen LogP contribution is -2.25. The predicted octanol–water partition coefficient (Wildman–Crippen LogP) is 5.05. The first-order valence-corrected chi connectivity index (χ1v) is 8.26. The van der Waals surface area contributed by atoms with Crippen LogP contribution in [0.2, 0.25) is 5.02 Å². The Morgan fingerprint density at radius 3 is 3.13 bits per heavy atom. The molecule has 0 spiro atoms. The van der Waals surface area contributed by atoms with Gasteiger partial charge in [-0.3, -0.25) is 0 Å². The van der Waals surface area contributed by atoms with Crippen LogP contribution in [-0.4, -0.2) is 16.1 Å². The Bertz CT molecular complexity index is 877. The number of halogens is 3. The topological polar surface area (TPSA) is 53.9 Å². The Labute approximate surface area is 139 Å². The van der Waals surface area contributed by atoms with Gasteiger partial charge < -0.3 is 14.2 Å². The van der Waals surface area contributed by atoms with Crippen molar-refractivity contribution < 1.29 is 13.3 Å². The van der Waals surface area contributed by atoms with Crippen LogP contribution < -0.4 is 4.72 Å². The Morgan fingerprint density at radius 1 is 1.39 bits per heavy atom. The van der Waals surface area contributed by atoms with Crippen LogP contribution in [0.5, 0.6) is 0 Å². The fourth-order valence-corrected chi connectivity index (χ4v) is 3.65. The molecule has 0 radical (unpaired) electrons. The van der Waals surface area contributed by atoms with Gasteiger partial charge in [0, 0.05) is 46.9 Å². The average Bonchev–Trinajstić information content (AvgIpc) is 3.07. The van der Waals surface area contributed by atoms with Crippen molar-refractivity contribution in [2.45, 2.75) is 30.1 Å². The fourth-order valence-electron chi connectivity index (χ4n) is 2.71. The van der Waals surface area contributed by atoms with Crippen LogP contribution >= 0.6 is 23.5 Å². The van der Waals surface area contributed by atoms with Crippen LogP contribution in [0.4, 0.5) is 14.6 Å². The molecule has 0 saturated heterocycles. The third-order valence-corrected chi connectivity index (χ3v) is 4.97. The maximum absolute atomic E-state index is 13.6. The van der Waals surface area contributed by atoms with E-state index < -0.39 is 5.92 Å². The number of aryl methyl sites for hydroxylation is 1. The van der Waals surface area contributed by atoms with Crippen molar-refractivity contribution in [1.82, 2.24) is 10.1 Å². The first-order chi connectivity index (χ1) is 11.0. The van der Waals surface area contributed by atoms with Gasteiger partial charge in [0.05, 0.1) is 4.90 Å². The lowest BCUT2D eigenvalue weighted by Gasteiger charge is -2.20. The number of aromatic amines is 1. The maximum Gasteiger partial charge on any atom is 0.252 e. The summed E-state index contributed by atoms with van der Waals surface area (Å²) in [5.41, 5.74) is 1.38. The van der Waals surface area contributed by atoms with E-state index in [9.17, 15) is 8.78 Å². The first-order valence-electron chi connectivity index (χ1n) is 7.07. The van der Waals surface area contributed by atoms with Gasteiger partial charge in [-0.05, 0) is 24.1 Å². The second-order valence-corrected chi connectivity index (χ2v) is 6.80. The van der Waals surface area contributed by atoms with Crippen molar-refractivity contribution in [3.05, 3.63) is 40.7 Å². The molecule has 3 aromatic rings. The minimum absolute atomic E-state index is 0.190. The van der Waals surface area contributed by atoms with Crippen molar-refractivity contribution in [3.8, 4) is 0 Å². The number of nitrogens with one attached hydrogen (secondary N) is 2. The van der Waals surface area contributed by atoms with Crippen LogP contribution in [-0.2, 0) is 12.8 Å². The molecule has 0 atom stereocenters. The van der Waals surface area contributed by atoms with Gasteiger partial charge in [-0.15, -0.1) is 0 Å². The molecule has 4 rings (SSSR count). The molecular weight excluding hydrogens is 344 g/mol. The molecule has 0 fully saturated rings. The number of fused-ring (bicyclic) bond motifs is 2. The van der Waals surface area contributed by atoms with Gasteiger partial charge in [-0.1, -0.05) is 22.8 Å². The molecule has 1 aliphatic carbocycles. The lowest BCUT2D eigenvalue weighted by atomic mass is 9.95. The highest BCUT2D eigenvalue weighted by Crippen LogP contribution is 2.38. The third kappa shape index (κ3) is 2.79. The number of hydrogen-bond acceptors (Lipinski definition) is 4. The third-order valence-electron chi connectivity index (χ3n) is 3.89. The predicted molar refractivity (Wildman–Crippen MR) is 86.3 cm³/mol. The second-order valence-electron chi connectivity index (χ2n) is 5.51. The second kappa shape index (κ2) is 5.42. The Balaban J connectivity index is 1.56. The molecule has 8 heteroatoms. The van der Waals surface area contributed by atoms with Crippen molar-refractivity contribution in [1.29, 1.82) is 0 Å². The molecule has 2 heterocycles. The fraction of sp³-hybridized carbons (Fsp3) is 0.267. The van der Waals surface area contributed by atoms with Crippen LogP contribution in [0, 0.1) is 0 Å². The quantitative estimate of drug-likeness (QED) is 0.645. The van der Waals surface area contributed by atoms with Gasteiger partial charge in [0.25, 0.3) is 5.92 Å². The van der Waals surface area contributed by atoms with Crippen molar-refractivity contribution in [2.24, 2.45) is 0 Å². The van der Waals surface area contributed by atoms with E-state index in [1.165, 1.54) is 11.9 Å². The van der Waals surface area contributed by atoms with Gasteiger partial charge in [-0.2, -0.15) is 0 Å². The maximum atomic E-state index is 13.6. The number of aromatic nitrogens is 2. The normalized spacial score (nSPS) is 16.5. The van der Waals surface area contributed by atoms with E-state index in [1.807, 2.05) is 18.3 Å². The van der Waals surface area contributed by atoms with Crippen LogP contribution in [0.15, 0.2) is 33.8 Å². The molecular formula is C15H12ClF2N3OS. The smallest absolute Gasteiger partial charge is 0.252 e. The number of anilines is 1. The van der Waals surface area contributed by atoms with Gasteiger partial charge in [-0.25, -0.2) is 8.78 Å². The summed E-state index contributed by atoms with van der Waals surface area (Å²) in [6.45, 7) is 0. The molecule has 0 amide bonds. The molecule has 2 N–H and O–H groups in total. The number of H-pyrrole nitrogens is 1. The minimum atomic E-state index is -2.70. The molecule has 1 aromatic carbocycles. The average molecular weight is 356 g/mol. The van der Waals surface area contributed by atoms with Crippen LogP contribution in [0.25, 0.3) is 10.9 Å². The number of rotatable bonds is 3. The SMILES string of the molecule is FC1(F)CCc2onc(NSc3c[nH]c4cc(Cl)ccc34)c2C1. The Morgan fingerprint density at radius 2 is 2.26 bits per heavy atom. The molecule has 0 bridgehead atoms. The molecule has 4 nitrogen and oxygen atoms in total. The highest BCUT2D eigenvalue weighted by molar-refractivity contribution is 8.00. The molecule has 1 aliphatic rings.